The molecular weight excluding hydrogens is 402 g/mol. The number of aromatic amines is 1. The zero-order valence-corrected chi connectivity index (χ0v) is 17.9. The van der Waals surface area contributed by atoms with Crippen molar-refractivity contribution in [3.8, 4) is 0 Å². The zero-order chi connectivity index (χ0) is 20.7. The molecule has 3 saturated heterocycles. The summed E-state index contributed by atoms with van der Waals surface area (Å²) in [6.07, 6.45) is 3.87. The van der Waals surface area contributed by atoms with Gasteiger partial charge in [-0.2, -0.15) is 4.98 Å². The number of rotatable bonds is 4. The van der Waals surface area contributed by atoms with Gasteiger partial charge in [-0.3, -0.25) is 9.80 Å². The number of piperidine rings is 1. The predicted octanol–water partition coefficient (Wildman–Crippen LogP) is 1.37. The number of benzene rings is 1. The molecule has 4 N–H and O–H groups in total. The van der Waals surface area contributed by atoms with E-state index in [9.17, 15) is 5.11 Å². The Kier molecular flexibility index (Phi) is 5.58. The molecule has 1 aromatic carbocycles. The number of aliphatic hydroxyl groups is 1. The lowest BCUT2D eigenvalue weighted by atomic mass is 9.94. The Hall–Kier alpha value is -1.87. The molecule has 3 atom stereocenters. The van der Waals surface area contributed by atoms with Crippen LogP contribution in [0.3, 0.4) is 0 Å². The van der Waals surface area contributed by atoms with Crippen molar-refractivity contribution in [3.63, 3.8) is 0 Å². The Morgan fingerprint density at radius 2 is 1.87 bits per heavy atom. The van der Waals surface area contributed by atoms with E-state index < -0.39 is 0 Å². The number of hydrogen-bond donors (Lipinski definition) is 3. The van der Waals surface area contributed by atoms with Crippen LogP contribution < -0.4 is 10.6 Å². The number of nitrogens with zero attached hydrogens (tertiary/aromatic N) is 5. The number of nitrogens with two attached hydrogens (primary N) is 1. The van der Waals surface area contributed by atoms with E-state index in [-0.39, 0.29) is 6.10 Å². The van der Waals surface area contributed by atoms with E-state index in [0.29, 0.717) is 30.0 Å². The van der Waals surface area contributed by atoms with E-state index in [2.05, 4.69) is 42.0 Å². The first-order valence-corrected chi connectivity index (χ1v) is 11.3. The van der Waals surface area contributed by atoms with Crippen LogP contribution in [0.1, 0.15) is 24.8 Å². The van der Waals surface area contributed by atoms with Crippen molar-refractivity contribution >= 4 is 23.5 Å². The van der Waals surface area contributed by atoms with Crippen LogP contribution >= 0.6 is 11.6 Å². The molecule has 162 valence electrons. The van der Waals surface area contributed by atoms with Gasteiger partial charge in [0, 0.05) is 55.9 Å². The lowest BCUT2D eigenvalue weighted by Gasteiger charge is -2.49. The Bertz CT molecular complexity index is 851. The van der Waals surface area contributed by atoms with Crippen molar-refractivity contribution in [3.05, 3.63) is 34.9 Å². The quantitative estimate of drug-likeness (QED) is 0.672. The van der Waals surface area contributed by atoms with E-state index in [1.165, 1.54) is 5.56 Å². The first-order valence-electron chi connectivity index (χ1n) is 10.9. The molecule has 0 amide bonds. The van der Waals surface area contributed by atoms with Crippen LogP contribution in [-0.4, -0.2) is 87.0 Å². The molecule has 5 rings (SSSR count). The number of anilines is 2. The van der Waals surface area contributed by atoms with E-state index in [1.807, 2.05) is 12.1 Å². The van der Waals surface area contributed by atoms with Crippen LogP contribution in [0.25, 0.3) is 0 Å². The fourth-order valence-corrected chi connectivity index (χ4v) is 5.59. The maximum atomic E-state index is 10.2. The van der Waals surface area contributed by atoms with Gasteiger partial charge in [0.05, 0.1) is 6.10 Å². The lowest BCUT2D eigenvalue weighted by Crippen LogP contribution is -2.61. The maximum Gasteiger partial charge on any atom is 0.246 e. The fourth-order valence-electron chi connectivity index (χ4n) is 5.46. The maximum absolute atomic E-state index is 10.2. The Balaban J connectivity index is 1.29. The minimum absolute atomic E-state index is 0.191. The standard InChI is InChI=1S/C21H30ClN7O/c22-15-3-1-14(2-4-15)9-18-11-28-13-19(30)10-17(28)12-29(18)16-5-7-27(8-6-16)21-24-20(23)25-26-21/h1-4,16-19,30H,5-13H2,(H3,23,24,25,26)/t17-,18-,19+/m0/s1. The van der Waals surface area contributed by atoms with Gasteiger partial charge in [0.15, 0.2) is 0 Å². The molecule has 9 heteroatoms. The van der Waals surface area contributed by atoms with Crippen molar-refractivity contribution in [1.29, 1.82) is 0 Å². The molecule has 4 heterocycles. The van der Waals surface area contributed by atoms with Crippen LogP contribution in [-0.2, 0) is 6.42 Å². The minimum Gasteiger partial charge on any atom is -0.392 e. The average Bonchev–Trinajstić information content (AvgIpc) is 3.33. The van der Waals surface area contributed by atoms with Crippen molar-refractivity contribution in [2.24, 2.45) is 0 Å². The van der Waals surface area contributed by atoms with Gasteiger partial charge >= 0.3 is 0 Å². The minimum atomic E-state index is -0.191. The highest BCUT2D eigenvalue weighted by atomic mass is 35.5. The first-order chi connectivity index (χ1) is 14.5. The summed E-state index contributed by atoms with van der Waals surface area (Å²) >= 11 is 6.09. The third-order valence-electron chi connectivity index (χ3n) is 6.93. The summed E-state index contributed by atoms with van der Waals surface area (Å²) in [7, 11) is 0. The molecule has 30 heavy (non-hydrogen) atoms. The van der Waals surface area contributed by atoms with Gasteiger partial charge in [-0.1, -0.05) is 23.7 Å². The molecule has 0 bridgehead atoms. The SMILES string of the molecule is Nc1nc(N2CCC(N3C[C@@H]4C[C@@H](O)CN4C[C@@H]3Cc3ccc(Cl)cc3)CC2)n[nH]1. The van der Waals surface area contributed by atoms with Gasteiger partial charge in [-0.15, -0.1) is 5.10 Å². The molecule has 3 fully saturated rings. The number of nitrogens with one attached hydrogen (secondary N) is 1. The van der Waals surface area contributed by atoms with Crippen LogP contribution in [0, 0.1) is 0 Å². The summed E-state index contributed by atoms with van der Waals surface area (Å²) in [4.78, 5) is 11.7. The van der Waals surface area contributed by atoms with Crippen LogP contribution in [0.15, 0.2) is 24.3 Å². The Morgan fingerprint density at radius 1 is 1.10 bits per heavy atom. The van der Waals surface area contributed by atoms with Gasteiger partial charge in [-0.25, -0.2) is 5.10 Å². The van der Waals surface area contributed by atoms with Crippen LogP contribution in [0.4, 0.5) is 11.9 Å². The summed E-state index contributed by atoms with van der Waals surface area (Å²) in [5.74, 6) is 1.07. The number of H-pyrrole nitrogens is 1. The number of piperazine rings is 1. The normalized spacial score (nSPS) is 28.7. The molecule has 3 aliphatic rings. The molecule has 0 spiro atoms. The monoisotopic (exact) mass is 431 g/mol. The van der Waals surface area contributed by atoms with Crippen LogP contribution in [0.5, 0.6) is 0 Å². The van der Waals surface area contributed by atoms with Gasteiger partial charge < -0.3 is 15.7 Å². The molecular formula is C21H30ClN7O. The van der Waals surface area contributed by atoms with E-state index >= 15 is 0 Å². The summed E-state index contributed by atoms with van der Waals surface area (Å²) in [5.41, 5.74) is 7.01. The highest BCUT2D eigenvalue weighted by Gasteiger charge is 2.42. The molecule has 3 aliphatic heterocycles. The molecule has 2 aromatic rings. The van der Waals surface area contributed by atoms with Crippen molar-refractivity contribution < 1.29 is 5.11 Å². The second kappa shape index (κ2) is 8.34. The number of aliphatic hydroxyl groups excluding tert-OH is 1. The predicted molar refractivity (Wildman–Crippen MR) is 118 cm³/mol. The Labute approximate surface area is 182 Å². The van der Waals surface area contributed by atoms with E-state index in [4.69, 9.17) is 17.3 Å². The van der Waals surface area contributed by atoms with Crippen molar-refractivity contribution in [1.82, 2.24) is 25.0 Å². The third kappa shape index (κ3) is 4.14. The largest absolute Gasteiger partial charge is 0.392 e. The highest BCUT2D eigenvalue weighted by molar-refractivity contribution is 6.30. The van der Waals surface area contributed by atoms with E-state index in [1.54, 1.807) is 0 Å². The van der Waals surface area contributed by atoms with E-state index in [0.717, 1.165) is 63.4 Å². The van der Waals surface area contributed by atoms with Gasteiger partial charge in [-0.05, 0) is 43.4 Å². The Morgan fingerprint density at radius 3 is 2.57 bits per heavy atom. The summed E-state index contributed by atoms with van der Waals surface area (Å²) in [5, 5.41) is 17.9. The number of nitrogen functional groups attached to an aromatic ring is 1. The van der Waals surface area contributed by atoms with Crippen molar-refractivity contribution in [2.45, 2.75) is 49.9 Å². The number of fused-ring (bicyclic) bond motifs is 1. The number of halogens is 1. The zero-order valence-electron chi connectivity index (χ0n) is 17.1. The molecule has 0 saturated carbocycles. The smallest absolute Gasteiger partial charge is 0.246 e. The van der Waals surface area contributed by atoms with Crippen LogP contribution in [0.2, 0.25) is 5.02 Å². The lowest BCUT2D eigenvalue weighted by molar-refractivity contribution is 0.0121. The second-order valence-electron chi connectivity index (χ2n) is 8.92. The first kappa shape index (κ1) is 20.1. The topological polar surface area (TPSA) is 97.5 Å². The molecule has 0 unspecified atom stereocenters. The molecule has 0 radical (unpaired) electrons. The second-order valence-corrected chi connectivity index (χ2v) is 9.35. The highest BCUT2D eigenvalue weighted by Crippen LogP contribution is 2.31. The summed E-state index contributed by atoms with van der Waals surface area (Å²) in [6, 6.07) is 9.69. The summed E-state index contributed by atoms with van der Waals surface area (Å²) in [6.45, 7) is 4.72. The van der Waals surface area contributed by atoms with Gasteiger partial charge in [0.2, 0.25) is 11.9 Å². The third-order valence-corrected chi connectivity index (χ3v) is 7.19. The number of aromatic nitrogens is 3. The summed E-state index contributed by atoms with van der Waals surface area (Å²) < 4.78 is 0. The molecule has 8 nitrogen and oxygen atoms in total. The van der Waals surface area contributed by atoms with Crippen molar-refractivity contribution in [2.75, 3.05) is 43.4 Å². The van der Waals surface area contributed by atoms with Gasteiger partial charge in [0.1, 0.15) is 0 Å². The molecule has 1 aromatic heterocycles. The average molecular weight is 432 g/mol. The van der Waals surface area contributed by atoms with Gasteiger partial charge in [0.25, 0.3) is 0 Å². The number of hydrogen-bond acceptors (Lipinski definition) is 7. The fraction of sp³-hybridized carbons (Fsp3) is 0.619. The molecule has 0 aliphatic carbocycles.